The number of hydrogen-bond donors (Lipinski definition) is 1. The molecular formula is C5H6N2O2S. The van der Waals surface area contributed by atoms with E-state index in [0.717, 1.165) is 0 Å². The molecule has 1 N–H and O–H groups in total. The van der Waals surface area contributed by atoms with Crippen molar-refractivity contribution in [3.8, 4) is 0 Å². The molecule has 5 heteroatoms. The molecule has 0 saturated carbocycles. The first-order valence-electron chi connectivity index (χ1n) is 2.61. The Kier molecular flexibility index (Phi) is 1.96. The first kappa shape index (κ1) is 7.14. The van der Waals surface area contributed by atoms with Crippen molar-refractivity contribution in [1.82, 2.24) is 4.98 Å². The van der Waals surface area contributed by atoms with Gasteiger partial charge in [-0.3, -0.25) is 10.1 Å². The summed E-state index contributed by atoms with van der Waals surface area (Å²) in [6.45, 7) is 0. The minimum Gasteiger partial charge on any atom is -0.351 e. The van der Waals surface area contributed by atoms with E-state index in [2.05, 4.69) is 4.98 Å². The number of aromatic amines is 1. The third kappa shape index (κ3) is 1.13. The molecule has 0 fully saturated rings. The van der Waals surface area contributed by atoms with Crippen LogP contribution in [0.15, 0.2) is 17.3 Å². The minimum atomic E-state index is -0.400. The van der Waals surface area contributed by atoms with Crippen molar-refractivity contribution in [2.24, 2.45) is 0 Å². The predicted molar refractivity (Wildman–Crippen MR) is 39.2 cm³/mol. The summed E-state index contributed by atoms with van der Waals surface area (Å²) in [5.41, 5.74) is 0.146. The van der Waals surface area contributed by atoms with Gasteiger partial charge in [-0.15, -0.1) is 11.8 Å². The number of H-pyrrole nitrogens is 1. The summed E-state index contributed by atoms with van der Waals surface area (Å²) in [5, 5.41) is 10.8. The Morgan fingerprint density at radius 2 is 2.50 bits per heavy atom. The lowest BCUT2D eigenvalue weighted by Gasteiger charge is -1.88. The standard InChI is InChI=1S/C5H6N2O2S/c1-10-5-4(7(8)9)2-3-6-5/h2-3,6H,1H3. The fourth-order valence-corrected chi connectivity index (χ4v) is 1.19. The highest BCUT2D eigenvalue weighted by Crippen LogP contribution is 2.24. The fraction of sp³-hybridized carbons (Fsp3) is 0.200. The zero-order valence-corrected chi connectivity index (χ0v) is 6.14. The van der Waals surface area contributed by atoms with Crippen LogP contribution in [0.3, 0.4) is 0 Å². The van der Waals surface area contributed by atoms with Crippen LogP contribution in [0.4, 0.5) is 5.69 Å². The fourth-order valence-electron chi connectivity index (χ4n) is 0.653. The summed E-state index contributed by atoms with van der Waals surface area (Å²) in [6, 6.07) is 1.45. The summed E-state index contributed by atoms with van der Waals surface area (Å²) in [5.74, 6) is 0. The Hall–Kier alpha value is -0.970. The van der Waals surface area contributed by atoms with E-state index < -0.39 is 4.92 Å². The molecule has 1 heterocycles. The monoisotopic (exact) mass is 158 g/mol. The smallest absolute Gasteiger partial charge is 0.300 e. The van der Waals surface area contributed by atoms with E-state index in [1.165, 1.54) is 17.8 Å². The molecule has 0 saturated heterocycles. The number of nitro groups is 1. The maximum atomic E-state index is 10.2. The van der Waals surface area contributed by atoms with Gasteiger partial charge in [0.05, 0.1) is 4.92 Å². The van der Waals surface area contributed by atoms with Crippen molar-refractivity contribution >= 4 is 17.4 Å². The SMILES string of the molecule is CSc1[nH]ccc1[N+](=O)[O-]. The molecule has 54 valence electrons. The minimum absolute atomic E-state index is 0.146. The van der Waals surface area contributed by atoms with Crippen LogP contribution in [-0.2, 0) is 0 Å². The van der Waals surface area contributed by atoms with Crippen molar-refractivity contribution in [2.75, 3.05) is 6.26 Å². The molecule has 1 aromatic heterocycles. The van der Waals surface area contributed by atoms with E-state index >= 15 is 0 Å². The van der Waals surface area contributed by atoms with Gasteiger partial charge in [0.15, 0.2) is 5.03 Å². The van der Waals surface area contributed by atoms with Crippen LogP contribution < -0.4 is 0 Å². The lowest BCUT2D eigenvalue weighted by molar-refractivity contribution is -0.387. The van der Waals surface area contributed by atoms with E-state index in [1.807, 2.05) is 0 Å². The third-order valence-corrected chi connectivity index (χ3v) is 1.82. The van der Waals surface area contributed by atoms with E-state index in [1.54, 1.807) is 12.5 Å². The lowest BCUT2D eigenvalue weighted by Crippen LogP contribution is -1.86. The first-order valence-corrected chi connectivity index (χ1v) is 3.84. The lowest BCUT2D eigenvalue weighted by atomic mass is 10.6. The summed E-state index contributed by atoms with van der Waals surface area (Å²) in [6.07, 6.45) is 3.35. The Labute approximate surface area is 61.8 Å². The highest BCUT2D eigenvalue weighted by molar-refractivity contribution is 7.98. The third-order valence-electron chi connectivity index (χ3n) is 1.09. The molecule has 0 atom stereocenters. The summed E-state index contributed by atoms with van der Waals surface area (Å²) in [7, 11) is 0. The van der Waals surface area contributed by atoms with Gasteiger partial charge in [0.25, 0.3) is 0 Å². The van der Waals surface area contributed by atoms with E-state index in [-0.39, 0.29) is 5.69 Å². The van der Waals surface area contributed by atoms with Crippen LogP contribution in [0.5, 0.6) is 0 Å². The van der Waals surface area contributed by atoms with Crippen LogP contribution in [-0.4, -0.2) is 16.2 Å². The van der Waals surface area contributed by atoms with Crippen LogP contribution in [0, 0.1) is 10.1 Å². The topological polar surface area (TPSA) is 58.9 Å². The largest absolute Gasteiger partial charge is 0.351 e. The molecule has 0 aliphatic carbocycles. The molecule has 1 aromatic rings. The average Bonchev–Trinajstić information content (AvgIpc) is 2.33. The number of hydrogen-bond acceptors (Lipinski definition) is 3. The van der Waals surface area contributed by atoms with Crippen LogP contribution in [0.1, 0.15) is 0 Å². The predicted octanol–water partition coefficient (Wildman–Crippen LogP) is 1.64. The molecule has 1 rings (SSSR count). The van der Waals surface area contributed by atoms with Crippen molar-refractivity contribution in [2.45, 2.75) is 5.03 Å². The molecule has 10 heavy (non-hydrogen) atoms. The number of nitrogens with one attached hydrogen (secondary N) is 1. The van der Waals surface area contributed by atoms with Crippen molar-refractivity contribution in [1.29, 1.82) is 0 Å². The van der Waals surface area contributed by atoms with Gasteiger partial charge >= 0.3 is 5.69 Å². The average molecular weight is 158 g/mol. The van der Waals surface area contributed by atoms with Crippen LogP contribution in [0.2, 0.25) is 0 Å². The van der Waals surface area contributed by atoms with Crippen molar-refractivity contribution in [3.05, 3.63) is 22.4 Å². The Bertz CT molecular complexity index is 246. The maximum Gasteiger partial charge on any atom is 0.300 e. The summed E-state index contributed by atoms with van der Waals surface area (Å²) in [4.78, 5) is 12.6. The number of rotatable bonds is 2. The number of thioether (sulfide) groups is 1. The Balaban J connectivity index is 3.01. The van der Waals surface area contributed by atoms with Gasteiger partial charge < -0.3 is 4.98 Å². The molecule has 0 aromatic carbocycles. The molecule has 0 aliphatic rings. The van der Waals surface area contributed by atoms with Gasteiger partial charge in [-0.2, -0.15) is 0 Å². The van der Waals surface area contributed by atoms with Gasteiger partial charge in [0.2, 0.25) is 0 Å². The molecule has 0 spiro atoms. The quantitative estimate of drug-likeness (QED) is 0.404. The van der Waals surface area contributed by atoms with E-state index in [9.17, 15) is 10.1 Å². The van der Waals surface area contributed by atoms with Crippen LogP contribution in [0.25, 0.3) is 0 Å². The van der Waals surface area contributed by atoms with Gasteiger partial charge in [-0.1, -0.05) is 0 Å². The highest BCUT2D eigenvalue weighted by atomic mass is 32.2. The Morgan fingerprint density at radius 1 is 1.80 bits per heavy atom. The van der Waals surface area contributed by atoms with Gasteiger partial charge in [0, 0.05) is 12.3 Å². The molecule has 4 nitrogen and oxygen atoms in total. The second-order valence-electron chi connectivity index (χ2n) is 1.65. The number of aromatic nitrogens is 1. The first-order chi connectivity index (χ1) is 4.75. The molecular weight excluding hydrogens is 152 g/mol. The second-order valence-corrected chi connectivity index (χ2v) is 2.47. The zero-order chi connectivity index (χ0) is 7.56. The van der Waals surface area contributed by atoms with E-state index in [0.29, 0.717) is 5.03 Å². The maximum absolute atomic E-state index is 10.2. The van der Waals surface area contributed by atoms with Gasteiger partial charge in [-0.25, -0.2) is 0 Å². The zero-order valence-electron chi connectivity index (χ0n) is 5.33. The summed E-state index contributed by atoms with van der Waals surface area (Å²) >= 11 is 1.33. The molecule has 0 bridgehead atoms. The summed E-state index contributed by atoms with van der Waals surface area (Å²) < 4.78 is 0. The van der Waals surface area contributed by atoms with Crippen LogP contribution >= 0.6 is 11.8 Å². The molecule has 0 amide bonds. The molecule has 0 unspecified atom stereocenters. The van der Waals surface area contributed by atoms with E-state index in [4.69, 9.17) is 0 Å². The molecule has 0 radical (unpaired) electrons. The van der Waals surface area contributed by atoms with Crippen molar-refractivity contribution in [3.63, 3.8) is 0 Å². The number of nitrogens with zero attached hydrogens (tertiary/aromatic N) is 1. The van der Waals surface area contributed by atoms with Crippen molar-refractivity contribution < 1.29 is 4.92 Å². The molecule has 0 aliphatic heterocycles. The highest BCUT2D eigenvalue weighted by Gasteiger charge is 2.12. The van der Waals surface area contributed by atoms with Gasteiger partial charge in [-0.05, 0) is 6.26 Å². The van der Waals surface area contributed by atoms with Gasteiger partial charge in [0.1, 0.15) is 0 Å². The normalized spacial score (nSPS) is 9.70. The Morgan fingerprint density at radius 3 is 2.90 bits per heavy atom. The second kappa shape index (κ2) is 2.74.